The lowest BCUT2D eigenvalue weighted by Crippen LogP contribution is -2.53. The number of aliphatic imine (C=N–C) groups is 1. The molecule has 1 fully saturated rings. The van der Waals surface area contributed by atoms with Crippen molar-refractivity contribution in [2.75, 3.05) is 44.7 Å². The summed E-state index contributed by atoms with van der Waals surface area (Å²) < 4.78 is 13.1. The smallest absolute Gasteiger partial charge is 0.193 e. The number of nitrogens with one attached hydrogen (secondary N) is 1. The van der Waals surface area contributed by atoms with Crippen molar-refractivity contribution in [3.8, 4) is 0 Å². The fourth-order valence-corrected chi connectivity index (χ4v) is 3.92. The number of guanidine groups is 1. The van der Waals surface area contributed by atoms with Crippen molar-refractivity contribution >= 4 is 11.6 Å². The lowest BCUT2D eigenvalue weighted by molar-refractivity contribution is 0.370. The predicted molar refractivity (Wildman–Crippen MR) is 104 cm³/mol. The fourth-order valence-electron chi connectivity index (χ4n) is 3.92. The summed E-state index contributed by atoms with van der Waals surface area (Å²) in [5, 5.41) is 3.55. The van der Waals surface area contributed by atoms with E-state index < -0.39 is 0 Å². The number of hydrogen-bond donors (Lipinski definition) is 1. The Balaban J connectivity index is 1.29. The SMILES string of the molecule is CN=C(NCC1Cc2ccccc21)N1CCN(c2ccc(F)cc2)CC1. The molecule has 2 aliphatic rings. The summed E-state index contributed by atoms with van der Waals surface area (Å²) in [7, 11) is 1.85. The molecule has 1 N–H and O–H groups in total. The molecule has 2 aromatic carbocycles. The largest absolute Gasteiger partial charge is 0.368 e. The van der Waals surface area contributed by atoms with Crippen molar-refractivity contribution in [3.63, 3.8) is 0 Å². The number of benzene rings is 2. The van der Waals surface area contributed by atoms with Crippen LogP contribution < -0.4 is 10.2 Å². The van der Waals surface area contributed by atoms with Crippen LogP contribution in [0.25, 0.3) is 0 Å². The van der Waals surface area contributed by atoms with Gasteiger partial charge >= 0.3 is 0 Å². The molecule has 26 heavy (non-hydrogen) atoms. The van der Waals surface area contributed by atoms with Crippen molar-refractivity contribution in [2.45, 2.75) is 12.3 Å². The Morgan fingerprint density at radius 2 is 1.81 bits per heavy atom. The molecular weight excluding hydrogens is 327 g/mol. The van der Waals surface area contributed by atoms with Gasteiger partial charge in [-0.25, -0.2) is 4.39 Å². The highest BCUT2D eigenvalue weighted by atomic mass is 19.1. The Hall–Kier alpha value is -2.56. The van der Waals surface area contributed by atoms with Gasteiger partial charge in [0.1, 0.15) is 5.82 Å². The first kappa shape index (κ1) is 16.9. The third-order valence-electron chi connectivity index (χ3n) is 5.45. The lowest BCUT2D eigenvalue weighted by atomic mass is 9.78. The van der Waals surface area contributed by atoms with Crippen molar-refractivity contribution in [2.24, 2.45) is 4.99 Å². The van der Waals surface area contributed by atoms with Gasteiger partial charge in [0.25, 0.3) is 0 Å². The highest BCUT2D eigenvalue weighted by Gasteiger charge is 2.26. The Morgan fingerprint density at radius 3 is 2.50 bits per heavy atom. The molecule has 1 heterocycles. The van der Waals surface area contributed by atoms with Crippen LogP contribution in [0.4, 0.5) is 10.1 Å². The predicted octanol–water partition coefficient (Wildman–Crippen LogP) is 2.86. The Morgan fingerprint density at radius 1 is 1.08 bits per heavy atom. The molecule has 4 rings (SSSR count). The van der Waals surface area contributed by atoms with Crippen LogP contribution >= 0.6 is 0 Å². The summed E-state index contributed by atoms with van der Waals surface area (Å²) in [6.45, 7) is 4.59. The Bertz CT molecular complexity index is 779. The first-order valence-corrected chi connectivity index (χ1v) is 9.28. The minimum absolute atomic E-state index is 0.186. The van der Waals surface area contributed by atoms with Gasteiger partial charge in [0.05, 0.1) is 0 Å². The van der Waals surface area contributed by atoms with Gasteiger partial charge in [-0.05, 0) is 41.8 Å². The molecule has 4 nitrogen and oxygen atoms in total. The summed E-state index contributed by atoms with van der Waals surface area (Å²) in [6.07, 6.45) is 1.15. The first-order chi connectivity index (χ1) is 12.7. The number of rotatable bonds is 3. The lowest BCUT2D eigenvalue weighted by Gasteiger charge is -2.38. The molecule has 0 spiro atoms. The monoisotopic (exact) mass is 352 g/mol. The maximum absolute atomic E-state index is 13.1. The van der Waals surface area contributed by atoms with Crippen molar-refractivity contribution in [3.05, 3.63) is 65.5 Å². The highest BCUT2D eigenvalue weighted by Crippen LogP contribution is 2.34. The molecule has 1 aliphatic carbocycles. The fraction of sp³-hybridized carbons (Fsp3) is 0.381. The summed E-state index contributed by atoms with van der Waals surface area (Å²) in [5.74, 6) is 1.38. The zero-order chi connectivity index (χ0) is 17.9. The van der Waals surface area contributed by atoms with Crippen LogP contribution in [0.15, 0.2) is 53.5 Å². The normalized spacial score (nSPS) is 19.8. The summed E-state index contributed by atoms with van der Waals surface area (Å²) >= 11 is 0. The second-order valence-corrected chi connectivity index (χ2v) is 6.98. The second kappa shape index (κ2) is 7.36. The second-order valence-electron chi connectivity index (χ2n) is 6.98. The number of halogens is 1. The maximum atomic E-state index is 13.1. The number of piperazine rings is 1. The van der Waals surface area contributed by atoms with Crippen molar-refractivity contribution < 1.29 is 4.39 Å². The van der Waals surface area contributed by atoms with Gasteiger partial charge in [-0.15, -0.1) is 0 Å². The van der Waals surface area contributed by atoms with Crippen LogP contribution in [0, 0.1) is 5.82 Å². The van der Waals surface area contributed by atoms with E-state index in [0.29, 0.717) is 5.92 Å². The van der Waals surface area contributed by atoms with E-state index in [1.54, 1.807) is 0 Å². The van der Waals surface area contributed by atoms with E-state index in [-0.39, 0.29) is 5.82 Å². The van der Waals surface area contributed by atoms with Crippen molar-refractivity contribution in [1.82, 2.24) is 10.2 Å². The molecule has 136 valence electrons. The summed E-state index contributed by atoms with van der Waals surface area (Å²) in [5.41, 5.74) is 4.03. The van der Waals surface area contributed by atoms with Gasteiger partial charge in [-0.2, -0.15) is 0 Å². The standard InChI is InChI=1S/C21H25FN4/c1-23-21(24-15-17-14-16-4-2-3-5-20(16)17)26-12-10-25(11-13-26)19-8-6-18(22)7-9-19/h2-9,17H,10-15H2,1H3,(H,23,24). The molecular formula is C21H25FN4. The third kappa shape index (κ3) is 3.39. The van der Waals surface area contributed by atoms with Crippen molar-refractivity contribution in [1.29, 1.82) is 0 Å². The quantitative estimate of drug-likeness (QED) is 0.681. The molecule has 0 saturated carbocycles. The number of anilines is 1. The molecule has 0 radical (unpaired) electrons. The molecule has 0 bridgehead atoms. The molecule has 1 atom stereocenters. The molecule has 1 unspecified atom stereocenters. The van der Waals surface area contributed by atoms with Gasteiger partial charge in [0, 0.05) is 51.4 Å². The van der Waals surface area contributed by atoms with Crippen LogP contribution in [0.5, 0.6) is 0 Å². The minimum Gasteiger partial charge on any atom is -0.368 e. The topological polar surface area (TPSA) is 30.9 Å². The van der Waals surface area contributed by atoms with E-state index in [1.165, 1.54) is 23.3 Å². The number of hydrogen-bond acceptors (Lipinski definition) is 2. The maximum Gasteiger partial charge on any atom is 0.193 e. The van der Waals surface area contributed by atoms with Gasteiger partial charge in [-0.3, -0.25) is 4.99 Å². The van der Waals surface area contributed by atoms with Gasteiger partial charge < -0.3 is 15.1 Å². The van der Waals surface area contributed by atoms with Gasteiger partial charge in [-0.1, -0.05) is 24.3 Å². The molecule has 2 aromatic rings. The summed E-state index contributed by atoms with van der Waals surface area (Å²) in [4.78, 5) is 9.08. The average molecular weight is 352 g/mol. The van der Waals surface area contributed by atoms with E-state index in [9.17, 15) is 4.39 Å². The van der Waals surface area contributed by atoms with E-state index >= 15 is 0 Å². The van der Waals surface area contributed by atoms with E-state index in [0.717, 1.165) is 50.8 Å². The van der Waals surface area contributed by atoms with E-state index in [2.05, 4.69) is 44.4 Å². The molecule has 1 saturated heterocycles. The number of fused-ring (bicyclic) bond motifs is 1. The summed E-state index contributed by atoms with van der Waals surface area (Å²) in [6, 6.07) is 15.4. The average Bonchev–Trinajstić information content (AvgIpc) is 2.66. The van der Waals surface area contributed by atoms with Crippen LogP contribution in [0.1, 0.15) is 17.0 Å². The van der Waals surface area contributed by atoms with Gasteiger partial charge in [0.15, 0.2) is 5.96 Å². The zero-order valence-electron chi connectivity index (χ0n) is 15.2. The van der Waals surface area contributed by atoms with Crippen LogP contribution in [0.2, 0.25) is 0 Å². The van der Waals surface area contributed by atoms with Crippen LogP contribution in [0.3, 0.4) is 0 Å². The molecule has 5 heteroatoms. The minimum atomic E-state index is -0.186. The first-order valence-electron chi connectivity index (χ1n) is 9.28. The van der Waals surface area contributed by atoms with E-state index in [4.69, 9.17) is 0 Å². The van der Waals surface area contributed by atoms with Crippen LogP contribution in [-0.2, 0) is 6.42 Å². The van der Waals surface area contributed by atoms with E-state index in [1.807, 2.05) is 19.2 Å². The number of nitrogens with zero attached hydrogens (tertiary/aromatic N) is 3. The van der Waals surface area contributed by atoms with Crippen LogP contribution in [-0.4, -0.2) is 50.6 Å². The molecule has 0 amide bonds. The Kier molecular flexibility index (Phi) is 4.78. The van der Waals surface area contributed by atoms with Gasteiger partial charge in [0.2, 0.25) is 0 Å². The highest BCUT2D eigenvalue weighted by molar-refractivity contribution is 5.80. The third-order valence-corrected chi connectivity index (χ3v) is 5.45. The molecule has 1 aliphatic heterocycles. The zero-order valence-corrected chi connectivity index (χ0v) is 15.2. The molecule has 0 aromatic heterocycles. The Labute approximate surface area is 154 Å².